The molecule has 0 heterocycles. The second-order valence-corrected chi connectivity index (χ2v) is 9.42. The van der Waals surface area contributed by atoms with Crippen LogP contribution in [-0.2, 0) is 28.6 Å². The quantitative estimate of drug-likeness (QED) is 0.553. The molecule has 148 valence electrons. The average Bonchev–Trinajstić information content (AvgIpc) is 2.62. The summed E-state index contributed by atoms with van der Waals surface area (Å²) < 4.78 is 59.0. The third-order valence-electron chi connectivity index (χ3n) is 3.87. The minimum absolute atomic E-state index is 0.113. The lowest BCUT2D eigenvalue weighted by molar-refractivity contribution is 0.187. The SMILES string of the molecule is CC(CCCC(C)OS(=O)(=O)c1ccccc1)OS(=O)(=O)c1ccccc1. The lowest BCUT2D eigenvalue weighted by Crippen LogP contribution is -2.18. The summed E-state index contributed by atoms with van der Waals surface area (Å²) in [7, 11) is -7.60. The van der Waals surface area contributed by atoms with E-state index in [9.17, 15) is 16.8 Å². The van der Waals surface area contributed by atoms with Crippen molar-refractivity contribution in [2.24, 2.45) is 0 Å². The fourth-order valence-corrected chi connectivity index (χ4v) is 4.77. The predicted molar refractivity (Wildman–Crippen MR) is 102 cm³/mol. The minimum Gasteiger partial charge on any atom is -0.263 e. The van der Waals surface area contributed by atoms with Crippen molar-refractivity contribution in [2.75, 3.05) is 0 Å². The van der Waals surface area contributed by atoms with Gasteiger partial charge in [-0.05, 0) is 57.4 Å². The highest BCUT2D eigenvalue weighted by Gasteiger charge is 2.21. The van der Waals surface area contributed by atoms with Gasteiger partial charge in [-0.2, -0.15) is 16.8 Å². The third kappa shape index (κ3) is 6.73. The standard InChI is InChI=1S/C19H24O6S2/c1-16(24-26(20,21)18-12-5-3-6-13-18)10-9-11-17(2)25-27(22,23)19-14-7-4-8-15-19/h3-8,12-17H,9-11H2,1-2H3. The van der Waals surface area contributed by atoms with Crippen LogP contribution in [0.5, 0.6) is 0 Å². The van der Waals surface area contributed by atoms with Gasteiger partial charge in [0.05, 0.1) is 22.0 Å². The summed E-state index contributed by atoms with van der Waals surface area (Å²) in [6, 6.07) is 15.9. The predicted octanol–water partition coefficient (Wildman–Crippen LogP) is 3.74. The minimum atomic E-state index is -3.80. The molecule has 6 nitrogen and oxygen atoms in total. The first-order valence-corrected chi connectivity index (χ1v) is 11.5. The van der Waals surface area contributed by atoms with Gasteiger partial charge in [0, 0.05) is 0 Å². The van der Waals surface area contributed by atoms with E-state index in [1.165, 1.54) is 24.3 Å². The molecule has 0 saturated heterocycles. The lowest BCUT2D eigenvalue weighted by atomic mass is 10.1. The normalized spacial score (nSPS) is 14.6. The zero-order chi connectivity index (χ0) is 19.9. The van der Waals surface area contributed by atoms with E-state index in [0.717, 1.165) is 0 Å². The van der Waals surface area contributed by atoms with Crippen LogP contribution in [0.4, 0.5) is 0 Å². The maximum atomic E-state index is 12.2. The third-order valence-corrected chi connectivity index (χ3v) is 6.73. The van der Waals surface area contributed by atoms with Crippen LogP contribution >= 0.6 is 0 Å². The van der Waals surface area contributed by atoms with Crippen LogP contribution in [0.3, 0.4) is 0 Å². The Morgan fingerprint density at radius 1 is 0.667 bits per heavy atom. The molecule has 2 rings (SSSR count). The fraction of sp³-hybridized carbons (Fsp3) is 0.368. The van der Waals surface area contributed by atoms with Crippen molar-refractivity contribution < 1.29 is 25.2 Å². The van der Waals surface area contributed by atoms with Crippen molar-refractivity contribution in [3.8, 4) is 0 Å². The second kappa shape index (κ2) is 9.45. The number of hydrogen-bond donors (Lipinski definition) is 0. The maximum absolute atomic E-state index is 12.2. The Balaban J connectivity index is 1.80. The van der Waals surface area contributed by atoms with E-state index >= 15 is 0 Å². The highest BCUT2D eigenvalue weighted by Crippen LogP contribution is 2.19. The zero-order valence-electron chi connectivity index (χ0n) is 15.3. The highest BCUT2D eigenvalue weighted by molar-refractivity contribution is 7.87. The molecular weight excluding hydrogens is 388 g/mol. The molecular formula is C19H24O6S2. The first-order chi connectivity index (χ1) is 12.7. The molecule has 0 spiro atoms. The van der Waals surface area contributed by atoms with Crippen molar-refractivity contribution in [3.05, 3.63) is 60.7 Å². The monoisotopic (exact) mass is 412 g/mol. The van der Waals surface area contributed by atoms with Crippen molar-refractivity contribution in [1.82, 2.24) is 0 Å². The molecule has 0 aromatic heterocycles. The average molecular weight is 413 g/mol. The van der Waals surface area contributed by atoms with Crippen molar-refractivity contribution >= 4 is 20.2 Å². The van der Waals surface area contributed by atoms with E-state index < -0.39 is 32.4 Å². The Labute approximate surface area is 161 Å². The number of hydrogen-bond acceptors (Lipinski definition) is 6. The molecule has 0 fully saturated rings. The maximum Gasteiger partial charge on any atom is 0.297 e. The van der Waals surface area contributed by atoms with E-state index in [0.29, 0.717) is 19.3 Å². The Morgan fingerprint density at radius 2 is 1.00 bits per heavy atom. The van der Waals surface area contributed by atoms with Gasteiger partial charge in [0.25, 0.3) is 20.2 Å². The van der Waals surface area contributed by atoms with Gasteiger partial charge in [-0.1, -0.05) is 36.4 Å². The molecule has 8 heteroatoms. The fourth-order valence-electron chi connectivity index (χ4n) is 2.51. The lowest BCUT2D eigenvalue weighted by Gasteiger charge is -2.15. The molecule has 2 aromatic carbocycles. The van der Waals surface area contributed by atoms with E-state index in [2.05, 4.69) is 0 Å². The van der Waals surface area contributed by atoms with Gasteiger partial charge < -0.3 is 0 Å². The Morgan fingerprint density at radius 3 is 1.33 bits per heavy atom. The first kappa shape index (κ1) is 21.6. The molecule has 0 aliphatic heterocycles. The largest absolute Gasteiger partial charge is 0.297 e. The van der Waals surface area contributed by atoms with Gasteiger partial charge >= 0.3 is 0 Å². The summed E-state index contributed by atoms with van der Waals surface area (Å²) in [6.07, 6.45) is 0.453. The van der Waals surface area contributed by atoms with Crippen LogP contribution in [0, 0.1) is 0 Å². The molecule has 0 aliphatic rings. The molecule has 2 aromatic rings. The van der Waals surface area contributed by atoms with Gasteiger partial charge in [0.2, 0.25) is 0 Å². The van der Waals surface area contributed by atoms with Gasteiger partial charge in [-0.3, -0.25) is 8.37 Å². The molecule has 0 N–H and O–H groups in total. The van der Waals surface area contributed by atoms with E-state index in [-0.39, 0.29) is 9.79 Å². The molecule has 0 aliphatic carbocycles. The summed E-state index contributed by atoms with van der Waals surface area (Å²) in [5, 5.41) is 0. The van der Waals surface area contributed by atoms with E-state index in [4.69, 9.17) is 8.37 Å². The van der Waals surface area contributed by atoms with Crippen LogP contribution in [0.1, 0.15) is 33.1 Å². The molecule has 0 amide bonds. The summed E-state index contributed by atoms with van der Waals surface area (Å²) >= 11 is 0. The molecule has 0 saturated carbocycles. The van der Waals surface area contributed by atoms with Crippen LogP contribution < -0.4 is 0 Å². The molecule has 0 bridgehead atoms. The van der Waals surface area contributed by atoms with Gasteiger partial charge in [0.15, 0.2) is 0 Å². The Kier molecular flexibility index (Phi) is 7.55. The smallest absolute Gasteiger partial charge is 0.263 e. The van der Waals surface area contributed by atoms with Crippen LogP contribution in [0.2, 0.25) is 0 Å². The van der Waals surface area contributed by atoms with Crippen LogP contribution in [0.25, 0.3) is 0 Å². The number of benzene rings is 2. The van der Waals surface area contributed by atoms with Crippen molar-refractivity contribution in [3.63, 3.8) is 0 Å². The number of rotatable bonds is 10. The summed E-state index contributed by atoms with van der Waals surface area (Å²) in [6.45, 7) is 3.35. The van der Waals surface area contributed by atoms with Crippen LogP contribution in [-0.4, -0.2) is 29.0 Å². The Bertz CT molecular complexity index is 832. The van der Waals surface area contributed by atoms with Gasteiger partial charge in [-0.15, -0.1) is 0 Å². The highest BCUT2D eigenvalue weighted by atomic mass is 32.2. The van der Waals surface area contributed by atoms with E-state index in [1.807, 2.05) is 0 Å². The molecule has 2 unspecified atom stereocenters. The summed E-state index contributed by atoms with van der Waals surface area (Å²) in [4.78, 5) is 0.227. The first-order valence-electron chi connectivity index (χ1n) is 8.67. The molecule has 0 radical (unpaired) electrons. The summed E-state index contributed by atoms with van der Waals surface area (Å²) in [5.41, 5.74) is 0. The van der Waals surface area contributed by atoms with Crippen LogP contribution in [0.15, 0.2) is 70.5 Å². The molecule has 27 heavy (non-hydrogen) atoms. The topological polar surface area (TPSA) is 86.7 Å². The zero-order valence-corrected chi connectivity index (χ0v) is 16.9. The van der Waals surface area contributed by atoms with Crippen molar-refractivity contribution in [1.29, 1.82) is 0 Å². The summed E-state index contributed by atoms with van der Waals surface area (Å²) in [5.74, 6) is 0. The van der Waals surface area contributed by atoms with E-state index in [1.54, 1.807) is 50.2 Å². The molecule has 2 atom stereocenters. The second-order valence-electron chi connectivity index (χ2n) is 6.28. The van der Waals surface area contributed by atoms with Gasteiger partial charge in [-0.25, -0.2) is 0 Å². The van der Waals surface area contributed by atoms with Crippen molar-refractivity contribution in [2.45, 2.75) is 55.1 Å². The Hall–Kier alpha value is -1.74. The van der Waals surface area contributed by atoms with Gasteiger partial charge in [0.1, 0.15) is 0 Å².